The van der Waals surface area contributed by atoms with E-state index in [0.717, 1.165) is 0 Å². The van der Waals surface area contributed by atoms with Gasteiger partial charge in [-0.2, -0.15) is 5.10 Å². The van der Waals surface area contributed by atoms with Gasteiger partial charge in [-0.15, -0.1) is 0 Å². The second-order valence-corrected chi connectivity index (χ2v) is 4.31. The number of benzene rings is 1. The van der Waals surface area contributed by atoms with E-state index < -0.39 is 0 Å². The molecular weight excluding hydrogens is 268 g/mol. The standard InChI is InChI=1S/C12H13ClN4O2/c1-17-11(9(14)6-15-17)16-12(18)8-5-7(13)3-4-10(8)19-2/h3-6H,14H2,1-2H3,(H,16,18). The molecule has 0 aliphatic rings. The zero-order valence-corrected chi connectivity index (χ0v) is 11.2. The summed E-state index contributed by atoms with van der Waals surface area (Å²) in [6, 6.07) is 4.81. The monoisotopic (exact) mass is 280 g/mol. The highest BCUT2D eigenvalue weighted by Gasteiger charge is 2.16. The van der Waals surface area contributed by atoms with Crippen LogP contribution in [0.5, 0.6) is 5.75 Å². The summed E-state index contributed by atoms with van der Waals surface area (Å²) in [5.41, 5.74) is 6.43. The van der Waals surface area contributed by atoms with Gasteiger partial charge in [-0.05, 0) is 18.2 Å². The molecule has 7 heteroatoms. The molecule has 19 heavy (non-hydrogen) atoms. The largest absolute Gasteiger partial charge is 0.496 e. The van der Waals surface area contributed by atoms with Crippen LogP contribution in [0, 0.1) is 0 Å². The molecule has 0 saturated heterocycles. The van der Waals surface area contributed by atoms with Crippen LogP contribution in [-0.2, 0) is 7.05 Å². The Hall–Kier alpha value is -2.21. The summed E-state index contributed by atoms with van der Waals surface area (Å²) >= 11 is 5.88. The second-order valence-electron chi connectivity index (χ2n) is 3.87. The highest BCUT2D eigenvalue weighted by atomic mass is 35.5. The molecule has 6 nitrogen and oxygen atoms in total. The molecule has 0 unspecified atom stereocenters. The fourth-order valence-electron chi connectivity index (χ4n) is 1.64. The lowest BCUT2D eigenvalue weighted by Crippen LogP contribution is -2.16. The number of hydrogen-bond acceptors (Lipinski definition) is 4. The van der Waals surface area contributed by atoms with Gasteiger partial charge in [0.2, 0.25) is 0 Å². The van der Waals surface area contributed by atoms with Gasteiger partial charge in [0.1, 0.15) is 5.75 Å². The van der Waals surface area contributed by atoms with Crippen LogP contribution in [0.25, 0.3) is 0 Å². The number of rotatable bonds is 3. The summed E-state index contributed by atoms with van der Waals surface area (Å²) in [5.74, 6) is 0.490. The van der Waals surface area contributed by atoms with Crippen LogP contribution >= 0.6 is 11.6 Å². The molecule has 0 saturated carbocycles. The minimum absolute atomic E-state index is 0.329. The summed E-state index contributed by atoms with van der Waals surface area (Å²) < 4.78 is 6.60. The molecule has 0 radical (unpaired) electrons. The number of ether oxygens (including phenoxy) is 1. The Bertz CT molecular complexity index is 605. The number of amides is 1. The third-order valence-electron chi connectivity index (χ3n) is 2.61. The lowest BCUT2D eigenvalue weighted by molar-refractivity contribution is 0.102. The van der Waals surface area contributed by atoms with E-state index in [0.29, 0.717) is 27.8 Å². The first-order valence-corrected chi connectivity index (χ1v) is 5.83. The zero-order chi connectivity index (χ0) is 14.0. The number of carbonyl (C=O) groups is 1. The number of nitrogens with one attached hydrogen (secondary N) is 1. The minimum atomic E-state index is -0.366. The summed E-state index contributed by atoms with van der Waals surface area (Å²) in [5, 5.41) is 7.07. The minimum Gasteiger partial charge on any atom is -0.496 e. The average molecular weight is 281 g/mol. The van der Waals surface area contributed by atoms with Crippen LogP contribution in [0.15, 0.2) is 24.4 Å². The van der Waals surface area contributed by atoms with Crippen molar-refractivity contribution in [1.82, 2.24) is 9.78 Å². The van der Waals surface area contributed by atoms with E-state index in [4.69, 9.17) is 22.1 Å². The van der Waals surface area contributed by atoms with E-state index >= 15 is 0 Å². The highest BCUT2D eigenvalue weighted by Crippen LogP contribution is 2.24. The molecule has 1 aromatic carbocycles. The van der Waals surface area contributed by atoms with Crippen LogP contribution < -0.4 is 15.8 Å². The molecule has 1 heterocycles. The maximum absolute atomic E-state index is 12.2. The van der Waals surface area contributed by atoms with E-state index in [2.05, 4.69) is 10.4 Å². The summed E-state index contributed by atoms with van der Waals surface area (Å²) in [6.07, 6.45) is 1.46. The van der Waals surface area contributed by atoms with Gasteiger partial charge in [0.25, 0.3) is 5.91 Å². The fraction of sp³-hybridized carbons (Fsp3) is 0.167. The number of nitrogens with zero attached hydrogens (tertiary/aromatic N) is 2. The van der Waals surface area contributed by atoms with Gasteiger partial charge in [-0.3, -0.25) is 9.48 Å². The average Bonchev–Trinajstić information content (AvgIpc) is 2.70. The number of hydrogen-bond donors (Lipinski definition) is 2. The highest BCUT2D eigenvalue weighted by molar-refractivity contribution is 6.31. The number of halogens is 1. The van der Waals surface area contributed by atoms with Crippen LogP contribution in [0.3, 0.4) is 0 Å². The third kappa shape index (κ3) is 2.63. The smallest absolute Gasteiger partial charge is 0.260 e. The molecule has 0 fully saturated rings. The maximum Gasteiger partial charge on any atom is 0.260 e. The Morgan fingerprint density at radius 3 is 2.84 bits per heavy atom. The van der Waals surface area contributed by atoms with Gasteiger partial charge in [0, 0.05) is 12.1 Å². The van der Waals surface area contributed by atoms with Gasteiger partial charge in [-0.1, -0.05) is 11.6 Å². The van der Waals surface area contributed by atoms with Crippen molar-refractivity contribution < 1.29 is 9.53 Å². The van der Waals surface area contributed by atoms with E-state index in [1.54, 1.807) is 19.2 Å². The van der Waals surface area contributed by atoms with Gasteiger partial charge >= 0.3 is 0 Å². The molecule has 0 atom stereocenters. The molecule has 0 spiro atoms. The number of aromatic nitrogens is 2. The Balaban J connectivity index is 2.32. The van der Waals surface area contributed by atoms with Crippen LogP contribution in [-0.4, -0.2) is 22.8 Å². The third-order valence-corrected chi connectivity index (χ3v) is 2.84. The molecule has 3 N–H and O–H groups in total. The molecule has 0 aliphatic heterocycles. The second kappa shape index (κ2) is 5.19. The van der Waals surface area contributed by atoms with Crippen molar-refractivity contribution in [2.24, 2.45) is 7.05 Å². The summed E-state index contributed by atoms with van der Waals surface area (Å²) in [4.78, 5) is 12.2. The molecule has 1 amide bonds. The summed E-state index contributed by atoms with van der Waals surface area (Å²) in [6.45, 7) is 0. The first-order valence-electron chi connectivity index (χ1n) is 5.45. The number of methoxy groups -OCH3 is 1. The lowest BCUT2D eigenvalue weighted by Gasteiger charge is -2.10. The van der Waals surface area contributed by atoms with Crippen molar-refractivity contribution in [2.45, 2.75) is 0 Å². The quantitative estimate of drug-likeness (QED) is 0.900. The van der Waals surface area contributed by atoms with Gasteiger partial charge in [0.15, 0.2) is 5.82 Å². The Labute approximate surface area is 115 Å². The zero-order valence-electron chi connectivity index (χ0n) is 10.5. The predicted octanol–water partition coefficient (Wildman–Crippen LogP) is 1.92. The Morgan fingerprint density at radius 1 is 1.53 bits per heavy atom. The molecular formula is C12H13ClN4O2. The molecule has 1 aromatic heterocycles. The van der Waals surface area contributed by atoms with Crippen LogP contribution in [0.4, 0.5) is 11.5 Å². The maximum atomic E-state index is 12.2. The lowest BCUT2D eigenvalue weighted by atomic mass is 10.2. The van der Waals surface area contributed by atoms with Crippen molar-refractivity contribution in [3.8, 4) is 5.75 Å². The fourth-order valence-corrected chi connectivity index (χ4v) is 1.81. The first-order chi connectivity index (χ1) is 9.02. The van der Waals surface area contributed by atoms with E-state index in [-0.39, 0.29) is 5.91 Å². The number of nitrogen functional groups attached to an aromatic ring is 1. The van der Waals surface area contributed by atoms with Gasteiger partial charge in [-0.25, -0.2) is 0 Å². The van der Waals surface area contributed by atoms with Crippen molar-refractivity contribution >= 4 is 29.0 Å². The number of carbonyl (C=O) groups excluding carboxylic acids is 1. The molecule has 2 aromatic rings. The summed E-state index contributed by atoms with van der Waals surface area (Å²) in [7, 11) is 3.17. The van der Waals surface area contributed by atoms with E-state index in [1.807, 2.05) is 0 Å². The number of nitrogens with two attached hydrogens (primary N) is 1. The first kappa shape index (κ1) is 13.2. The van der Waals surface area contributed by atoms with Gasteiger partial charge < -0.3 is 15.8 Å². The topological polar surface area (TPSA) is 82.2 Å². The normalized spacial score (nSPS) is 10.3. The van der Waals surface area contributed by atoms with Crippen molar-refractivity contribution in [2.75, 3.05) is 18.2 Å². The van der Waals surface area contributed by atoms with E-state index in [9.17, 15) is 4.79 Å². The molecule has 2 rings (SSSR count). The number of aryl methyl sites for hydroxylation is 1. The molecule has 0 aliphatic carbocycles. The number of anilines is 2. The van der Waals surface area contributed by atoms with Gasteiger partial charge in [0.05, 0.1) is 24.6 Å². The van der Waals surface area contributed by atoms with Crippen LogP contribution in [0.2, 0.25) is 5.02 Å². The predicted molar refractivity (Wildman–Crippen MR) is 73.6 cm³/mol. The van der Waals surface area contributed by atoms with Crippen LogP contribution in [0.1, 0.15) is 10.4 Å². The van der Waals surface area contributed by atoms with E-state index in [1.165, 1.54) is 24.1 Å². The van der Waals surface area contributed by atoms with Crippen molar-refractivity contribution in [3.63, 3.8) is 0 Å². The molecule has 100 valence electrons. The Kier molecular flexibility index (Phi) is 3.62. The van der Waals surface area contributed by atoms with Crippen molar-refractivity contribution in [3.05, 3.63) is 35.0 Å². The van der Waals surface area contributed by atoms with Crippen molar-refractivity contribution in [1.29, 1.82) is 0 Å². The SMILES string of the molecule is COc1ccc(Cl)cc1C(=O)Nc1c(N)cnn1C. The Morgan fingerprint density at radius 2 is 2.26 bits per heavy atom. The molecule has 0 bridgehead atoms.